The predicted octanol–water partition coefficient (Wildman–Crippen LogP) is 1.97. The van der Waals surface area contributed by atoms with Crippen LogP contribution in [0.1, 0.15) is 46.0 Å². The van der Waals surface area contributed by atoms with Gasteiger partial charge in [0.1, 0.15) is 9.84 Å². The van der Waals surface area contributed by atoms with Crippen LogP contribution < -0.4 is 5.73 Å². The van der Waals surface area contributed by atoms with Crippen molar-refractivity contribution in [1.82, 2.24) is 0 Å². The molecule has 1 aliphatic rings. The van der Waals surface area contributed by atoms with Gasteiger partial charge < -0.3 is 5.73 Å². The molecule has 2 N–H and O–H groups in total. The molecule has 2 unspecified atom stereocenters. The number of hydrogen-bond acceptors (Lipinski definition) is 3. The Bertz CT molecular complexity index is 313. The van der Waals surface area contributed by atoms with E-state index in [4.69, 9.17) is 5.73 Å². The molecule has 0 radical (unpaired) electrons. The van der Waals surface area contributed by atoms with Crippen LogP contribution in [0.5, 0.6) is 0 Å². The molecule has 1 fully saturated rings. The maximum absolute atomic E-state index is 11.5. The van der Waals surface area contributed by atoms with E-state index in [1.54, 1.807) is 6.92 Å². The Balaban J connectivity index is 2.60. The van der Waals surface area contributed by atoms with Crippen LogP contribution in [0.2, 0.25) is 0 Å². The summed E-state index contributed by atoms with van der Waals surface area (Å²) in [7, 11) is -2.84. The highest BCUT2D eigenvalue weighted by molar-refractivity contribution is 7.91. The standard InChI is InChI=1S/C12H25NO2S/c1-3-16(14,15)8-7-12(10-13)6-4-5-11(2)9-12/h11H,3-10,13H2,1-2H3. The third-order valence-corrected chi connectivity index (χ3v) is 5.71. The summed E-state index contributed by atoms with van der Waals surface area (Å²) in [4.78, 5) is 0. The summed E-state index contributed by atoms with van der Waals surface area (Å²) >= 11 is 0. The third-order valence-electron chi connectivity index (χ3n) is 4.00. The highest BCUT2D eigenvalue weighted by atomic mass is 32.2. The van der Waals surface area contributed by atoms with Gasteiger partial charge in [-0.1, -0.05) is 26.7 Å². The molecule has 0 amide bonds. The van der Waals surface area contributed by atoms with Gasteiger partial charge in [-0.3, -0.25) is 0 Å². The lowest BCUT2D eigenvalue weighted by Crippen LogP contribution is -2.37. The first-order chi connectivity index (χ1) is 7.43. The lowest BCUT2D eigenvalue weighted by molar-refractivity contribution is 0.149. The topological polar surface area (TPSA) is 60.2 Å². The van der Waals surface area contributed by atoms with E-state index in [1.165, 1.54) is 12.8 Å². The van der Waals surface area contributed by atoms with Crippen molar-refractivity contribution in [1.29, 1.82) is 0 Å². The SMILES string of the molecule is CCS(=O)(=O)CCC1(CN)CCCC(C)C1. The van der Waals surface area contributed by atoms with Gasteiger partial charge in [0.15, 0.2) is 0 Å². The molecule has 0 bridgehead atoms. The van der Waals surface area contributed by atoms with Crippen molar-refractivity contribution < 1.29 is 8.42 Å². The molecule has 0 saturated heterocycles. The van der Waals surface area contributed by atoms with Gasteiger partial charge in [0, 0.05) is 5.75 Å². The first-order valence-corrected chi connectivity index (χ1v) is 8.16. The summed E-state index contributed by atoms with van der Waals surface area (Å²) < 4.78 is 23.1. The van der Waals surface area contributed by atoms with Crippen molar-refractivity contribution >= 4 is 9.84 Å². The summed E-state index contributed by atoms with van der Waals surface area (Å²) in [5.74, 6) is 1.26. The van der Waals surface area contributed by atoms with Crippen molar-refractivity contribution in [2.75, 3.05) is 18.1 Å². The maximum atomic E-state index is 11.5. The molecule has 0 aromatic heterocycles. The molecule has 0 aliphatic heterocycles. The molecule has 0 aromatic rings. The molecule has 0 spiro atoms. The average molecular weight is 247 g/mol. The summed E-state index contributed by atoms with van der Waals surface area (Å²) in [5.41, 5.74) is 5.97. The van der Waals surface area contributed by atoms with E-state index in [9.17, 15) is 8.42 Å². The molecular weight excluding hydrogens is 222 g/mol. The second kappa shape index (κ2) is 5.50. The normalized spacial score (nSPS) is 31.6. The fourth-order valence-electron chi connectivity index (χ4n) is 2.80. The second-order valence-electron chi connectivity index (χ2n) is 5.39. The Labute approximate surface area is 99.7 Å². The first-order valence-electron chi connectivity index (χ1n) is 6.33. The zero-order valence-corrected chi connectivity index (χ0v) is 11.4. The van der Waals surface area contributed by atoms with E-state index >= 15 is 0 Å². The van der Waals surface area contributed by atoms with Crippen LogP contribution in [0.25, 0.3) is 0 Å². The van der Waals surface area contributed by atoms with Crippen LogP contribution in [0, 0.1) is 11.3 Å². The molecule has 3 nitrogen and oxygen atoms in total. The zero-order valence-electron chi connectivity index (χ0n) is 10.5. The zero-order chi connectivity index (χ0) is 12.2. The quantitative estimate of drug-likeness (QED) is 0.808. The minimum absolute atomic E-state index is 0.0971. The van der Waals surface area contributed by atoms with Crippen LogP contribution in [0.3, 0.4) is 0 Å². The Hall–Kier alpha value is -0.0900. The van der Waals surface area contributed by atoms with Crippen LogP contribution in [-0.4, -0.2) is 26.5 Å². The van der Waals surface area contributed by atoms with E-state index in [1.807, 2.05) is 0 Å². The summed E-state index contributed by atoms with van der Waals surface area (Å²) in [6, 6.07) is 0. The van der Waals surface area contributed by atoms with Crippen molar-refractivity contribution in [3.8, 4) is 0 Å². The van der Waals surface area contributed by atoms with Gasteiger partial charge in [-0.15, -0.1) is 0 Å². The number of sulfone groups is 1. The van der Waals surface area contributed by atoms with E-state index < -0.39 is 9.84 Å². The largest absolute Gasteiger partial charge is 0.330 e. The minimum atomic E-state index is -2.84. The second-order valence-corrected chi connectivity index (χ2v) is 7.86. The molecule has 1 rings (SSSR count). The third kappa shape index (κ3) is 3.74. The fraction of sp³-hybridized carbons (Fsp3) is 1.00. The first kappa shape index (κ1) is 14.0. The van der Waals surface area contributed by atoms with Gasteiger partial charge in [0.25, 0.3) is 0 Å². The van der Waals surface area contributed by atoms with Crippen LogP contribution >= 0.6 is 0 Å². The Morgan fingerprint density at radius 3 is 2.62 bits per heavy atom. The van der Waals surface area contributed by atoms with E-state index in [-0.39, 0.29) is 11.2 Å². The average Bonchev–Trinajstić information content (AvgIpc) is 2.27. The highest BCUT2D eigenvalue weighted by Crippen LogP contribution is 2.41. The van der Waals surface area contributed by atoms with Gasteiger partial charge >= 0.3 is 0 Å². The molecule has 0 heterocycles. The highest BCUT2D eigenvalue weighted by Gasteiger charge is 2.34. The Kier molecular flexibility index (Phi) is 4.80. The molecule has 16 heavy (non-hydrogen) atoms. The molecule has 96 valence electrons. The van der Waals surface area contributed by atoms with Crippen LogP contribution in [0.4, 0.5) is 0 Å². The fourth-order valence-corrected chi connectivity index (χ4v) is 3.83. The summed E-state index contributed by atoms with van der Waals surface area (Å²) in [6.07, 6.45) is 5.42. The molecule has 0 aromatic carbocycles. The van der Waals surface area contributed by atoms with E-state index in [0.29, 0.717) is 18.2 Å². The minimum Gasteiger partial charge on any atom is -0.330 e. The Morgan fingerprint density at radius 1 is 1.44 bits per heavy atom. The van der Waals surface area contributed by atoms with Crippen molar-refractivity contribution in [2.24, 2.45) is 17.1 Å². The molecule has 1 saturated carbocycles. The summed E-state index contributed by atoms with van der Waals surface area (Å²) in [6.45, 7) is 4.60. The summed E-state index contributed by atoms with van der Waals surface area (Å²) in [5, 5.41) is 0. The van der Waals surface area contributed by atoms with Gasteiger partial charge in [-0.25, -0.2) is 8.42 Å². The molecule has 2 atom stereocenters. The van der Waals surface area contributed by atoms with Crippen molar-refractivity contribution in [2.45, 2.75) is 46.0 Å². The lowest BCUT2D eigenvalue weighted by Gasteiger charge is -2.39. The lowest BCUT2D eigenvalue weighted by atomic mass is 9.68. The molecule has 1 aliphatic carbocycles. The molecular formula is C12H25NO2S. The monoisotopic (exact) mass is 247 g/mol. The van der Waals surface area contributed by atoms with E-state index in [0.717, 1.165) is 19.3 Å². The van der Waals surface area contributed by atoms with Crippen LogP contribution in [-0.2, 0) is 9.84 Å². The number of nitrogens with two attached hydrogens (primary N) is 1. The Morgan fingerprint density at radius 2 is 2.12 bits per heavy atom. The smallest absolute Gasteiger partial charge is 0.150 e. The van der Waals surface area contributed by atoms with Crippen molar-refractivity contribution in [3.05, 3.63) is 0 Å². The van der Waals surface area contributed by atoms with Crippen LogP contribution in [0.15, 0.2) is 0 Å². The van der Waals surface area contributed by atoms with Gasteiger partial charge in [-0.2, -0.15) is 0 Å². The number of rotatable bonds is 5. The van der Waals surface area contributed by atoms with Gasteiger partial charge in [-0.05, 0) is 37.1 Å². The number of hydrogen-bond donors (Lipinski definition) is 1. The van der Waals surface area contributed by atoms with E-state index in [2.05, 4.69) is 6.92 Å². The maximum Gasteiger partial charge on any atom is 0.150 e. The predicted molar refractivity (Wildman–Crippen MR) is 68.1 cm³/mol. The van der Waals surface area contributed by atoms with Gasteiger partial charge in [0.05, 0.1) is 5.75 Å². The molecule has 4 heteroatoms. The van der Waals surface area contributed by atoms with Gasteiger partial charge in [0.2, 0.25) is 0 Å². The van der Waals surface area contributed by atoms with Crippen molar-refractivity contribution in [3.63, 3.8) is 0 Å².